The molecule has 2 atom stereocenters. The van der Waals surface area contributed by atoms with Gasteiger partial charge < -0.3 is 0 Å². The van der Waals surface area contributed by atoms with Gasteiger partial charge in [0, 0.05) is 10.5 Å². The summed E-state index contributed by atoms with van der Waals surface area (Å²) in [5, 5.41) is 1.81. The summed E-state index contributed by atoms with van der Waals surface area (Å²) in [6.45, 7) is 4.59. The standard InChI is InChI=1S/C5H10S2/c1-4-3-5(2)7-6-4/h4-5H,3H2,1-2H3/t4-,5+. The molecule has 0 aromatic carbocycles. The monoisotopic (exact) mass is 134 g/mol. The minimum atomic E-state index is 0.903. The zero-order valence-electron chi connectivity index (χ0n) is 4.68. The van der Waals surface area contributed by atoms with Crippen LogP contribution in [0.1, 0.15) is 20.3 Å². The minimum absolute atomic E-state index is 0.903. The summed E-state index contributed by atoms with van der Waals surface area (Å²) in [5.74, 6) is 0. The molecule has 0 saturated carbocycles. The zero-order valence-corrected chi connectivity index (χ0v) is 6.31. The largest absolute Gasteiger partial charge is 0.0907 e. The molecule has 0 aromatic heterocycles. The highest BCUT2D eigenvalue weighted by Crippen LogP contribution is 2.42. The van der Waals surface area contributed by atoms with E-state index in [1.54, 1.807) is 0 Å². The quantitative estimate of drug-likeness (QED) is 0.467. The molecule has 1 aliphatic heterocycles. The first-order valence-electron chi connectivity index (χ1n) is 2.61. The first-order chi connectivity index (χ1) is 3.29. The fourth-order valence-electron chi connectivity index (χ4n) is 0.736. The molecule has 1 heterocycles. The maximum atomic E-state index is 2.29. The highest BCUT2D eigenvalue weighted by molar-refractivity contribution is 8.77. The summed E-state index contributed by atoms with van der Waals surface area (Å²) in [5.41, 5.74) is 0. The summed E-state index contributed by atoms with van der Waals surface area (Å²) in [6.07, 6.45) is 1.40. The summed E-state index contributed by atoms with van der Waals surface area (Å²) in [7, 11) is 4.04. The molecular weight excluding hydrogens is 124 g/mol. The molecule has 7 heavy (non-hydrogen) atoms. The Morgan fingerprint density at radius 1 is 1.14 bits per heavy atom. The van der Waals surface area contributed by atoms with Crippen molar-refractivity contribution in [1.29, 1.82) is 0 Å². The Hall–Kier alpha value is 0.700. The molecule has 0 unspecified atom stereocenters. The predicted octanol–water partition coefficient (Wildman–Crippen LogP) is 2.55. The van der Waals surface area contributed by atoms with Gasteiger partial charge in [0.1, 0.15) is 0 Å². The van der Waals surface area contributed by atoms with Crippen LogP contribution in [0.3, 0.4) is 0 Å². The van der Waals surface area contributed by atoms with Crippen molar-refractivity contribution in [2.75, 3.05) is 0 Å². The van der Waals surface area contributed by atoms with Gasteiger partial charge in [0.05, 0.1) is 0 Å². The fraction of sp³-hybridized carbons (Fsp3) is 1.00. The molecule has 1 rings (SSSR count). The first kappa shape index (κ1) is 5.83. The van der Waals surface area contributed by atoms with E-state index in [4.69, 9.17) is 0 Å². The SMILES string of the molecule is C[C@@H]1C[C@H](C)SS1. The normalized spacial score (nSPS) is 42.0. The molecule has 0 N–H and O–H groups in total. The van der Waals surface area contributed by atoms with Gasteiger partial charge in [-0.1, -0.05) is 35.4 Å². The van der Waals surface area contributed by atoms with Crippen molar-refractivity contribution in [2.24, 2.45) is 0 Å². The lowest BCUT2D eigenvalue weighted by Crippen LogP contribution is -1.93. The second-order valence-electron chi connectivity index (χ2n) is 2.05. The van der Waals surface area contributed by atoms with Crippen molar-refractivity contribution in [3.8, 4) is 0 Å². The highest BCUT2D eigenvalue weighted by atomic mass is 33.1. The maximum Gasteiger partial charge on any atom is 0.0134 e. The molecule has 2 heteroatoms. The van der Waals surface area contributed by atoms with E-state index in [2.05, 4.69) is 13.8 Å². The maximum absolute atomic E-state index is 2.29. The van der Waals surface area contributed by atoms with Crippen LogP contribution < -0.4 is 0 Å². The first-order valence-corrected chi connectivity index (χ1v) is 4.89. The molecule has 0 bridgehead atoms. The Balaban J connectivity index is 2.26. The van der Waals surface area contributed by atoms with Crippen molar-refractivity contribution in [3.63, 3.8) is 0 Å². The van der Waals surface area contributed by atoms with Crippen molar-refractivity contribution in [3.05, 3.63) is 0 Å². The van der Waals surface area contributed by atoms with Crippen LogP contribution in [0.5, 0.6) is 0 Å². The molecule has 1 fully saturated rings. The summed E-state index contributed by atoms with van der Waals surface area (Å²) < 4.78 is 0. The average molecular weight is 134 g/mol. The van der Waals surface area contributed by atoms with Gasteiger partial charge in [-0.2, -0.15) is 0 Å². The van der Waals surface area contributed by atoms with Crippen molar-refractivity contribution >= 4 is 21.6 Å². The van der Waals surface area contributed by atoms with Crippen LogP contribution >= 0.6 is 21.6 Å². The van der Waals surface area contributed by atoms with E-state index in [0.717, 1.165) is 10.5 Å². The molecule has 0 spiro atoms. The van der Waals surface area contributed by atoms with Crippen LogP contribution in [0.25, 0.3) is 0 Å². The smallest absolute Gasteiger partial charge is 0.0134 e. The van der Waals surface area contributed by atoms with Gasteiger partial charge in [0.25, 0.3) is 0 Å². The third kappa shape index (κ3) is 1.57. The summed E-state index contributed by atoms with van der Waals surface area (Å²) in [6, 6.07) is 0. The Morgan fingerprint density at radius 2 is 1.57 bits per heavy atom. The molecule has 42 valence electrons. The zero-order chi connectivity index (χ0) is 5.28. The van der Waals surface area contributed by atoms with E-state index in [1.165, 1.54) is 6.42 Å². The van der Waals surface area contributed by atoms with Gasteiger partial charge in [0.2, 0.25) is 0 Å². The van der Waals surface area contributed by atoms with Gasteiger partial charge in [-0.3, -0.25) is 0 Å². The van der Waals surface area contributed by atoms with Gasteiger partial charge in [-0.25, -0.2) is 0 Å². The van der Waals surface area contributed by atoms with Crippen molar-refractivity contribution < 1.29 is 0 Å². The lowest BCUT2D eigenvalue weighted by atomic mass is 10.3. The Labute approximate surface area is 52.8 Å². The van der Waals surface area contributed by atoms with Gasteiger partial charge in [0.15, 0.2) is 0 Å². The fourth-order valence-corrected chi connectivity index (χ4v) is 3.58. The number of hydrogen-bond donors (Lipinski definition) is 0. The van der Waals surface area contributed by atoms with Crippen molar-refractivity contribution in [1.82, 2.24) is 0 Å². The van der Waals surface area contributed by atoms with E-state index in [0.29, 0.717) is 0 Å². The Bertz CT molecular complexity index is 55.1. The van der Waals surface area contributed by atoms with E-state index >= 15 is 0 Å². The average Bonchev–Trinajstić information content (AvgIpc) is 1.87. The lowest BCUT2D eigenvalue weighted by Gasteiger charge is -1.93. The van der Waals surface area contributed by atoms with E-state index in [1.807, 2.05) is 21.6 Å². The molecule has 0 nitrogen and oxygen atoms in total. The van der Waals surface area contributed by atoms with Crippen molar-refractivity contribution in [2.45, 2.75) is 30.8 Å². The van der Waals surface area contributed by atoms with Crippen LogP contribution in [0.4, 0.5) is 0 Å². The third-order valence-electron chi connectivity index (χ3n) is 1.05. The Morgan fingerprint density at radius 3 is 1.71 bits per heavy atom. The minimum Gasteiger partial charge on any atom is -0.0907 e. The van der Waals surface area contributed by atoms with Gasteiger partial charge in [-0.15, -0.1) is 0 Å². The van der Waals surface area contributed by atoms with Crippen LogP contribution in [-0.4, -0.2) is 10.5 Å². The topological polar surface area (TPSA) is 0 Å². The molecular formula is C5H10S2. The Kier molecular flexibility index (Phi) is 1.93. The van der Waals surface area contributed by atoms with Crippen LogP contribution in [-0.2, 0) is 0 Å². The highest BCUT2D eigenvalue weighted by Gasteiger charge is 2.17. The molecule has 0 aliphatic carbocycles. The molecule has 0 amide bonds. The molecule has 1 saturated heterocycles. The lowest BCUT2D eigenvalue weighted by molar-refractivity contribution is 0.821. The molecule has 0 aromatic rings. The molecule has 1 aliphatic rings. The summed E-state index contributed by atoms with van der Waals surface area (Å²) >= 11 is 0. The predicted molar refractivity (Wildman–Crippen MR) is 38.7 cm³/mol. The van der Waals surface area contributed by atoms with E-state index in [-0.39, 0.29) is 0 Å². The van der Waals surface area contributed by atoms with Gasteiger partial charge >= 0.3 is 0 Å². The third-order valence-corrected chi connectivity index (χ3v) is 4.51. The van der Waals surface area contributed by atoms with Crippen LogP contribution in [0.15, 0.2) is 0 Å². The van der Waals surface area contributed by atoms with Crippen LogP contribution in [0, 0.1) is 0 Å². The van der Waals surface area contributed by atoms with E-state index < -0.39 is 0 Å². The molecule has 0 radical (unpaired) electrons. The van der Waals surface area contributed by atoms with Crippen LogP contribution in [0.2, 0.25) is 0 Å². The second kappa shape index (κ2) is 2.31. The van der Waals surface area contributed by atoms with Gasteiger partial charge in [-0.05, 0) is 6.42 Å². The number of rotatable bonds is 0. The second-order valence-corrected chi connectivity index (χ2v) is 5.20. The number of hydrogen-bond acceptors (Lipinski definition) is 2. The summed E-state index contributed by atoms with van der Waals surface area (Å²) in [4.78, 5) is 0. The van der Waals surface area contributed by atoms with E-state index in [9.17, 15) is 0 Å².